The summed E-state index contributed by atoms with van der Waals surface area (Å²) in [5.41, 5.74) is 0. The molecule has 4 nitrogen and oxygen atoms in total. The van der Waals surface area contributed by atoms with Gasteiger partial charge in [-0.1, -0.05) is 117 Å². The summed E-state index contributed by atoms with van der Waals surface area (Å²) in [5, 5.41) is 8.81. The number of unbranched alkanes of at least 4 members (excludes halogenated alkanes) is 14. The first-order chi connectivity index (χ1) is 13.9. The van der Waals surface area contributed by atoms with E-state index >= 15 is 0 Å². The Kier molecular flexibility index (Phi) is 26.6. The third kappa shape index (κ3) is 22.7. The molecule has 0 aromatic rings. The summed E-state index contributed by atoms with van der Waals surface area (Å²) in [6.07, 6.45) is 21.4. The third-order valence-corrected chi connectivity index (χ3v) is 7.36. The smallest absolute Gasteiger partial charge is 0.748 e. The second-order valence-electron chi connectivity index (χ2n) is 8.85. The fourth-order valence-corrected chi connectivity index (χ4v) is 4.87. The number of aliphatic hydroxyl groups excluding tert-OH is 1. The molecular weight excluding hydrogens is 423 g/mol. The molecule has 2 unspecified atom stereocenters. The summed E-state index contributed by atoms with van der Waals surface area (Å²) in [5.74, 6) is 0. The molecule has 0 rings (SSSR count). The van der Waals surface area contributed by atoms with E-state index in [2.05, 4.69) is 6.92 Å². The van der Waals surface area contributed by atoms with Gasteiger partial charge in [-0.3, -0.25) is 0 Å². The number of rotatable bonds is 22. The summed E-state index contributed by atoms with van der Waals surface area (Å²) in [7, 11) is -4.20. The molecule has 0 amide bonds. The minimum absolute atomic E-state index is 0. The van der Waals surface area contributed by atoms with Crippen molar-refractivity contribution < 1.29 is 69.5 Å². The van der Waals surface area contributed by atoms with Gasteiger partial charge in [-0.15, -0.1) is 0 Å². The molecule has 0 fully saturated rings. The zero-order valence-corrected chi connectivity index (χ0v) is 24.3. The number of aliphatic hydroxyl groups is 1. The van der Waals surface area contributed by atoms with Gasteiger partial charge >= 0.3 is 51.4 Å². The molecule has 0 bridgehead atoms. The average molecular weight is 473 g/mol. The van der Waals surface area contributed by atoms with Crippen LogP contribution in [0, 0.1) is 0 Å². The van der Waals surface area contributed by atoms with E-state index in [1.54, 1.807) is 0 Å². The predicted octanol–water partition coefficient (Wildman–Crippen LogP) is 4.11. The SMILES string of the molecule is CCCCCCCCCCCCCCCCC(CCCCC(O)CC)S(=O)(=O)[O-].[K+]. The molecule has 0 aliphatic rings. The van der Waals surface area contributed by atoms with Crippen molar-refractivity contribution in [2.24, 2.45) is 0 Å². The zero-order valence-electron chi connectivity index (χ0n) is 20.4. The van der Waals surface area contributed by atoms with Crippen LogP contribution in [0.3, 0.4) is 0 Å². The van der Waals surface area contributed by atoms with E-state index in [1.165, 1.54) is 70.6 Å². The van der Waals surface area contributed by atoms with Gasteiger partial charge in [-0.2, -0.15) is 0 Å². The van der Waals surface area contributed by atoms with Gasteiger partial charge in [0.1, 0.15) is 0 Å². The third-order valence-electron chi connectivity index (χ3n) is 6.07. The molecule has 0 spiro atoms. The first-order valence-corrected chi connectivity index (χ1v) is 14.0. The van der Waals surface area contributed by atoms with Crippen LogP contribution in [0.25, 0.3) is 0 Å². The molecule has 1 N–H and O–H groups in total. The van der Waals surface area contributed by atoms with Gasteiger partial charge < -0.3 is 9.66 Å². The second kappa shape index (κ2) is 23.7. The molecule has 0 saturated heterocycles. The van der Waals surface area contributed by atoms with Crippen LogP contribution in [0.5, 0.6) is 0 Å². The Labute approximate surface area is 230 Å². The van der Waals surface area contributed by atoms with E-state index in [1.807, 2.05) is 6.92 Å². The molecule has 0 heterocycles. The van der Waals surface area contributed by atoms with Crippen LogP contribution in [0.15, 0.2) is 0 Å². The molecule has 0 aromatic carbocycles. The van der Waals surface area contributed by atoms with Crippen molar-refractivity contribution in [1.29, 1.82) is 0 Å². The van der Waals surface area contributed by atoms with Crippen LogP contribution in [-0.4, -0.2) is 29.4 Å². The van der Waals surface area contributed by atoms with Gasteiger partial charge in [-0.25, -0.2) is 8.42 Å². The van der Waals surface area contributed by atoms with Gasteiger partial charge in [0.2, 0.25) is 0 Å². The van der Waals surface area contributed by atoms with E-state index in [9.17, 15) is 18.1 Å². The summed E-state index contributed by atoms with van der Waals surface area (Å²) in [6, 6.07) is 0. The second-order valence-corrected chi connectivity index (χ2v) is 10.5. The summed E-state index contributed by atoms with van der Waals surface area (Å²) < 4.78 is 34.4. The molecule has 0 saturated carbocycles. The zero-order chi connectivity index (χ0) is 21.8. The maximum Gasteiger partial charge on any atom is 1.00 e. The van der Waals surface area contributed by atoms with Crippen LogP contribution in [0.4, 0.5) is 0 Å². The standard InChI is InChI=1S/C24H50O4S.K/c1-3-5-6-7-8-9-10-11-12-13-14-15-16-17-21-24(29(26,27)28)22-19-18-20-23(25)4-2;/h23-25H,3-22H2,1-2H3,(H,26,27,28);/q;+1/p-1. The van der Waals surface area contributed by atoms with E-state index in [-0.39, 0.29) is 57.5 Å². The molecule has 0 aromatic heterocycles. The monoisotopic (exact) mass is 472 g/mol. The van der Waals surface area contributed by atoms with Crippen molar-refractivity contribution >= 4 is 10.1 Å². The fourth-order valence-electron chi connectivity index (χ4n) is 3.96. The summed E-state index contributed by atoms with van der Waals surface area (Å²) in [6.45, 7) is 4.19. The molecule has 2 atom stereocenters. The van der Waals surface area contributed by atoms with Crippen molar-refractivity contribution in [2.45, 2.75) is 154 Å². The van der Waals surface area contributed by atoms with Crippen LogP contribution >= 0.6 is 0 Å². The Balaban J connectivity index is 0. The van der Waals surface area contributed by atoms with Crippen LogP contribution in [0.2, 0.25) is 0 Å². The quantitative estimate of drug-likeness (QED) is 0.146. The van der Waals surface area contributed by atoms with Crippen LogP contribution in [-0.2, 0) is 10.1 Å². The topological polar surface area (TPSA) is 77.4 Å². The van der Waals surface area contributed by atoms with Crippen molar-refractivity contribution in [3.05, 3.63) is 0 Å². The largest absolute Gasteiger partial charge is 1.00 e. The predicted molar refractivity (Wildman–Crippen MR) is 123 cm³/mol. The Bertz CT molecular complexity index is 442. The van der Waals surface area contributed by atoms with E-state index in [0.29, 0.717) is 25.7 Å². The summed E-state index contributed by atoms with van der Waals surface area (Å²) >= 11 is 0. The molecule has 6 heteroatoms. The Hall–Kier alpha value is 1.51. The van der Waals surface area contributed by atoms with Crippen LogP contribution < -0.4 is 51.4 Å². The van der Waals surface area contributed by atoms with E-state index in [0.717, 1.165) is 32.1 Å². The Morgan fingerprint density at radius 3 is 1.33 bits per heavy atom. The van der Waals surface area contributed by atoms with Gasteiger partial charge in [0.25, 0.3) is 0 Å². The molecule has 176 valence electrons. The van der Waals surface area contributed by atoms with Crippen molar-refractivity contribution in [3.63, 3.8) is 0 Å². The van der Waals surface area contributed by atoms with Crippen molar-refractivity contribution in [3.8, 4) is 0 Å². The molecule has 0 aliphatic heterocycles. The maximum absolute atomic E-state index is 11.5. The number of hydrogen-bond acceptors (Lipinski definition) is 4. The van der Waals surface area contributed by atoms with E-state index in [4.69, 9.17) is 0 Å². The van der Waals surface area contributed by atoms with Gasteiger partial charge in [0.05, 0.1) is 16.2 Å². The average Bonchev–Trinajstić information content (AvgIpc) is 2.68. The van der Waals surface area contributed by atoms with Crippen molar-refractivity contribution in [1.82, 2.24) is 0 Å². The summed E-state index contributed by atoms with van der Waals surface area (Å²) in [4.78, 5) is 0. The van der Waals surface area contributed by atoms with Crippen molar-refractivity contribution in [2.75, 3.05) is 0 Å². The van der Waals surface area contributed by atoms with E-state index < -0.39 is 15.4 Å². The van der Waals surface area contributed by atoms with Gasteiger partial charge in [-0.05, 0) is 25.7 Å². The minimum Gasteiger partial charge on any atom is -0.748 e. The molecule has 0 radical (unpaired) electrons. The first kappa shape index (κ1) is 33.7. The molecular formula is C24H49KO4S. The fraction of sp³-hybridized carbons (Fsp3) is 1.00. The normalized spacial score (nSPS) is 13.7. The van der Waals surface area contributed by atoms with Gasteiger partial charge in [0.15, 0.2) is 0 Å². The molecule has 30 heavy (non-hydrogen) atoms. The minimum atomic E-state index is -4.20. The first-order valence-electron chi connectivity index (χ1n) is 12.5. The maximum atomic E-state index is 11.5. The Morgan fingerprint density at radius 1 is 0.633 bits per heavy atom. The Morgan fingerprint density at radius 2 is 0.967 bits per heavy atom. The van der Waals surface area contributed by atoms with Crippen LogP contribution in [0.1, 0.15) is 142 Å². The molecule has 0 aliphatic carbocycles. The van der Waals surface area contributed by atoms with Gasteiger partial charge in [0, 0.05) is 5.25 Å². The number of hydrogen-bond donors (Lipinski definition) is 1.